The van der Waals surface area contributed by atoms with Crippen LogP contribution < -0.4 is 0 Å². The number of carboxylic acid groups (broad SMARTS) is 1. The maximum Gasteiger partial charge on any atom is 0.333 e. The summed E-state index contributed by atoms with van der Waals surface area (Å²) in [6, 6.07) is 14.2. The van der Waals surface area contributed by atoms with Crippen molar-refractivity contribution in [3.05, 3.63) is 65.2 Å². The van der Waals surface area contributed by atoms with Gasteiger partial charge in [-0.05, 0) is 48.7 Å². The Balaban J connectivity index is 2.00. The number of aliphatic carboxylic acids is 1. The molecular formula is C20H23NO5. The molecule has 6 nitrogen and oxygen atoms in total. The van der Waals surface area contributed by atoms with Crippen molar-refractivity contribution in [3.8, 4) is 5.75 Å². The average molecular weight is 357 g/mol. The van der Waals surface area contributed by atoms with Crippen molar-refractivity contribution in [2.75, 3.05) is 6.61 Å². The van der Waals surface area contributed by atoms with Crippen LogP contribution in [0.1, 0.15) is 30.5 Å². The molecule has 0 saturated carbocycles. The zero-order valence-electron chi connectivity index (χ0n) is 14.9. The van der Waals surface area contributed by atoms with Crippen LogP contribution in [0.2, 0.25) is 0 Å². The molecule has 0 aromatic heterocycles. The number of benzene rings is 2. The van der Waals surface area contributed by atoms with E-state index in [0.717, 1.165) is 16.7 Å². The van der Waals surface area contributed by atoms with Crippen molar-refractivity contribution in [2.24, 2.45) is 5.16 Å². The summed E-state index contributed by atoms with van der Waals surface area (Å²) >= 11 is 0. The van der Waals surface area contributed by atoms with Gasteiger partial charge in [-0.25, -0.2) is 4.79 Å². The van der Waals surface area contributed by atoms with E-state index in [4.69, 9.17) is 9.57 Å². The van der Waals surface area contributed by atoms with Gasteiger partial charge in [0.2, 0.25) is 0 Å². The van der Waals surface area contributed by atoms with Crippen LogP contribution in [0.15, 0.2) is 53.7 Å². The van der Waals surface area contributed by atoms with Crippen LogP contribution in [0.25, 0.3) is 0 Å². The highest BCUT2D eigenvalue weighted by Gasteiger charge is 2.18. The molecular weight excluding hydrogens is 334 g/mol. The van der Waals surface area contributed by atoms with Gasteiger partial charge in [0, 0.05) is 13.0 Å². The highest BCUT2D eigenvalue weighted by molar-refractivity contribution is 5.98. The van der Waals surface area contributed by atoms with Gasteiger partial charge in [-0.1, -0.05) is 35.5 Å². The normalized spacial score (nSPS) is 12.6. The van der Waals surface area contributed by atoms with E-state index in [0.29, 0.717) is 25.3 Å². The molecule has 0 amide bonds. The quantitative estimate of drug-likeness (QED) is 0.531. The lowest BCUT2D eigenvalue weighted by atomic mass is 10.0. The summed E-state index contributed by atoms with van der Waals surface area (Å²) in [7, 11) is 0. The molecule has 0 saturated heterocycles. The standard InChI is InChI=1S/C20H23NO5/c1-3-25-19(20(23)24)12-16-5-4-6-17(11-16)14(2)21-26-13-15-7-9-18(22)10-8-15/h4-11,19,22H,3,12-13H2,1-2H3,(H,23,24)/b21-14+. The van der Waals surface area contributed by atoms with Gasteiger partial charge in [0.25, 0.3) is 0 Å². The largest absolute Gasteiger partial charge is 0.508 e. The summed E-state index contributed by atoms with van der Waals surface area (Å²) < 4.78 is 5.26. The molecule has 0 spiro atoms. The Morgan fingerprint density at radius 1 is 1.15 bits per heavy atom. The lowest BCUT2D eigenvalue weighted by molar-refractivity contribution is -0.149. The molecule has 0 bridgehead atoms. The number of carboxylic acids is 1. The predicted octanol–water partition coefficient (Wildman–Crippen LogP) is 3.37. The van der Waals surface area contributed by atoms with Crippen molar-refractivity contribution in [1.82, 2.24) is 0 Å². The molecule has 1 atom stereocenters. The third-order valence-corrected chi connectivity index (χ3v) is 3.78. The highest BCUT2D eigenvalue weighted by atomic mass is 16.6. The zero-order chi connectivity index (χ0) is 18.9. The van der Waals surface area contributed by atoms with Crippen molar-refractivity contribution >= 4 is 11.7 Å². The summed E-state index contributed by atoms with van der Waals surface area (Å²) in [5, 5.41) is 22.6. The maximum absolute atomic E-state index is 11.2. The molecule has 2 N–H and O–H groups in total. The number of oxime groups is 1. The Bertz CT molecular complexity index is 755. The number of carbonyl (C=O) groups is 1. The Morgan fingerprint density at radius 3 is 2.54 bits per heavy atom. The number of phenolic OH excluding ortho intramolecular Hbond substituents is 1. The van der Waals surface area contributed by atoms with Gasteiger partial charge in [-0.2, -0.15) is 0 Å². The van der Waals surface area contributed by atoms with Crippen LogP contribution in [0.5, 0.6) is 5.75 Å². The van der Waals surface area contributed by atoms with Crippen molar-refractivity contribution in [2.45, 2.75) is 33.0 Å². The second-order valence-electron chi connectivity index (χ2n) is 5.80. The van der Waals surface area contributed by atoms with Crippen LogP contribution in [-0.4, -0.2) is 34.6 Å². The number of hydrogen-bond donors (Lipinski definition) is 2. The molecule has 138 valence electrons. The summed E-state index contributed by atoms with van der Waals surface area (Å²) in [6.07, 6.45) is -0.572. The van der Waals surface area contributed by atoms with E-state index < -0.39 is 12.1 Å². The number of rotatable bonds is 9. The van der Waals surface area contributed by atoms with Crippen LogP contribution >= 0.6 is 0 Å². The van der Waals surface area contributed by atoms with Crippen molar-refractivity contribution in [1.29, 1.82) is 0 Å². The molecule has 6 heteroatoms. The first-order valence-corrected chi connectivity index (χ1v) is 8.37. The smallest absolute Gasteiger partial charge is 0.333 e. The first-order chi connectivity index (χ1) is 12.5. The Hall–Kier alpha value is -2.86. The minimum Gasteiger partial charge on any atom is -0.508 e. The van der Waals surface area contributed by atoms with Gasteiger partial charge in [-0.15, -0.1) is 0 Å². The topological polar surface area (TPSA) is 88.4 Å². The summed E-state index contributed by atoms with van der Waals surface area (Å²) in [5.41, 5.74) is 3.30. The fourth-order valence-electron chi connectivity index (χ4n) is 2.40. The lowest BCUT2D eigenvalue weighted by Gasteiger charge is -2.13. The molecule has 2 aromatic rings. The molecule has 2 rings (SSSR count). The molecule has 1 unspecified atom stereocenters. The Kier molecular flexibility index (Phi) is 7.17. The first-order valence-electron chi connectivity index (χ1n) is 8.37. The number of nitrogens with zero attached hydrogens (tertiary/aromatic N) is 1. The number of hydrogen-bond acceptors (Lipinski definition) is 5. The molecule has 0 radical (unpaired) electrons. The second kappa shape index (κ2) is 9.58. The third-order valence-electron chi connectivity index (χ3n) is 3.78. The maximum atomic E-state index is 11.2. The lowest BCUT2D eigenvalue weighted by Crippen LogP contribution is -2.26. The van der Waals surface area contributed by atoms with Crippen LogP contribution in [0.4, 0.5) is 0 Å². The van der Waals surface area contributed by atoms with Gasteiger partial charge >= 0.3 is 5.97 Å². The van der Waals surface area contributed by atoms with Crippen molar-refractivity contribution < 1.29 is 24.6 Å². The summed E-state index contributed by atoms with van der Waals surface area (Å²) in [5.74, 6) is -0.767. The SMILES string of the molecule is CCOC(Cc1cccc(/C(C)=N/OCc2ccc(O)cc2)c1)C(=O)O. The molecule has 0 aliphatic rings. The van der Waals surface area contributed by atoms with Gasteiger partial charge in [0.05, 0.1) is 5.71 Å². The molecule has 0 fully saturated rings. The van der Waals surface area contributed by atoms with Gasteiger partial charge in [-0.3, -0.25) is 0 Å². The molecule has 0 aliphatic heterocycles. The van der Waals surface area contributed by atoms with Gasteiger partial charge < -0.3 is 19.8 Å². The van der Waals surface area contributed by atoms with E-state index in [2.05, 4.69) is 5.16 Å². The monoisotopic (exact) mass is 357 g/mol. The molecule has 2 aromatic carbocycles. The van der Waals surface area contributed by atoms with E-state index in [1.54, 1.807) is 31.2 Å². The van der Waals surface area contributed by atoms with E-state index in [-0.39, 0.29) is 5.75 Å². The highest BCUT2D eigenvalue weighted by Crippen LogP contribution is 2.13. The van der Waals surface area contributed by atoms with Crippen LogP contribution in [0.3, 0.4) is 0 Å². The number of aromatic hydroxyl groups is 1. The Morgan fingerprint density at radius 2 is 1.88 bits per heavy atom. The average Bonchev–Trinajstić information content (AvgIpc) is 2.63. The first kappa shape index (κ1) is 19.5. The van der Waals surface area contributed by atoms with E-state index in [1.807, 2.05) is 31.2 Å². The minimum atomic E-state index is -0.972. The predicted molar refractivity (Wildman–Crippen MR) is 98.3 cm³/mol. The number of ether oxygens (including phenoxy) is 1. The van der Waals surface area contributed by atoms with E-state index in [1.165, 1.54) is 0 Å². The summed E-state index contributed by atoms with van der Waals surface area (Å²) in [4.78, 5) is 16.6. The molecule has 0 heterocycles. The van der Waals surface area contributed by atoms with Gasteiger partial charge in [0.1, 0.15) is 12.4 Å². The Labute approximate surface area is 152 Å². The van der Waals surface area contributed by atoms with Crippen molar-refractivity contribution in [3.63, 3.8) is 0 Å². The van der Waals surface area contributed by atoms with E-state index in [9.17, 15) is 15.0 Å². The van der Waals surface area contributed by atoms with E-state index >= 15 is 0 Å². The fourth-order valence-corrected chi connectivity index (χ4v) is 2.40. The summed E-state index contributed by atoms with van der Waals surface area (Å²) in [6.45, 7) is 4.24. The fraction of sp³-hybridized carbons (Fsp3) is 0.300. The van der Waals surface area contributed by atoms with Crippen LogP contribution in [0, 0.1) is 0 Å². The zero-order valence-corrected chi connectivity index (χ0v) is 14.9. The molecule has 26 heavy (non-hydrogen) atoms. The van der Waals surface area contributed by atoms with Gasteiger partial charge in [0.15, 0.2) is 6.10 Å². The van der Waals surface area contributed by atoms with Crippen LogP contribution in [-0.2, 0) is 27.4 Å². The number of phenols is 1. The second-order valence-corrected chi connectivity index (χ2v) is 5.80. The third kappa shape index (κ3) is 5.89. The minimum absolute atomic E-state index is 0.206. The molecule has 0 aliphatic carbocycles.